The van der Waals surface area contributed by atoms with E-state index in [-0.39, 0.29) is 18.3 Å². The van der Waals surface area contributed by atoms with Gasteiger partial charge in [-0.3, -0.25) is 10.1 Å². The Morgan fingerprint density at radius 3 is 2.81 bits per heavy atom. The molecule has 2 aromatic carbocycles. The number of carbonyl (C=O) groups excluding carboxylic acids is 2. The molecule has 0 aliphatic heterocycles. The number of urea groups is 1. The van der Waals surface area contributed by atoms with E-state index in [1.165, 1.54) is 23.5 Å². The number of rotatable bonds is 6. The molecule has 0 atom stereocenters. The van der Waals surface area contributed by atoms with E-state index in [4.69, 9.17) is 0 Å². The fraction of sp³-hybridized carbons (Fsp3) is 0.174. The second kappa shape index (κ2) is 9.19. The van der Waals surface area contributed by atoms with Crippen LogP contribution in [0.1, 0.15) is 21.6 Å². The Kier molecular flexibility index (Phi) is 6.18. The molecule has 7 nitrogen and oxygen atoms in total. The van der Waals surface area contributed by atoms with Crippen molar-refractivity contribution in [1.82, 2.24) is 19.8 Å². The van der Waals surface area contributed by atoms with Crippen molar-refractivity contribution in [2.24, 2.45) is 7.05 Å². The highest BCUT2D eigenvalue weighted by molar-refractivity contribution is 7.13. The van der Waals surface area contributed by atoms with Crippen LogP contribution in [0.5, 0.6) is 0 Å². The summed E-state index contributed by atoms with van der Waals surface area (Å²) in [4.78, 5) is 31.1. The largest absolute Gasteiger partial charge is 0.350 e. The molecule has 2 N–H and O–H groups in total. The molecular weight excluding hydrogens is 429 g/mol. The summed E-state index contributed by atoms with van der Waals surface area (Å²) in [5.74, 6) is -0.450. The molecular formula is C23H22FN5O2S. The van der Waals surface area contributed by atoms with E-state index in [2.05, 4.69) is 15.6 Å². The van der Waals surface area contributed by atoms with Gasteiger partial charge in [-0.05, 0) is 23.8 Å². The van der Waals surface area contributed by atoms with E-state index in [1.807, 2.05) is 42.1 Å². The Morgan fingerprint density at radius 1 is 1.19 bits per heavy atom. The molecule has 164 valence electrons. The van der Waals surface area contributed by atoms with Crippen molar-refractivity contribution in [3.63, 3.8) is 0 Å². The number of hydrogen-bond donors (Lipinski definition) is 2. The summed E-state index contributed by atoms with van der Waals surface area (Å²) in [6.45, 7) is 0.509. The molecule has 0 aliphatic carbocycles. The average molecular weight is 452 g/mol. The number of fused-ring (bicyclic) bond motifs is 1. The zero-order valence-corrected chi connectivity index (χ0v) is 18.4. The average Bonchev–Trinajstić information content (AvgIpc) is 3.36. The third-order valence-electron chi connectivity index (χ3n) is 4.99. The van der Waals surface area contributed by atoms with Crippen LogP contribution in [0.15, 0.2) is 60.1 Å². The minimum atomic E-state index is -0.435. The molecule has 9 heteroatoms. The van der Waals surface area contributed by atoms with E-state index in [0.29, 0.717) is 28.5 Å². The maximum absolute atomic E-state index is 13.2. The lowest BCUT2D eigenvalue weighted by Gasteiger charge is -2.15. The Labute approximate surface area is 188 Å². The van der Waals surface area contributed by atoms with Gasteiger partial charge in [0.25, 0.3) is 5.91 Å². The molecule has 0 radical (unpaired) electrons. The van der Waals surface area contributed by atoms with Crippen LogP contribution in [0.3, 0.4) is 0 Å². The number of nitrogens with zero attached hydrogens (tertiary/aromatic N) is 3. The first-order chi connectivity index (χ1) is 15.4. The SMILES string of the molecule is CN(Cc1csc(NC(=O)NCc2cccc(F)c2)n1)C(=O)c1cn(C)c2ccccc12. The summed E-state index contributed by atoms with van der Waals surface area (Å²) in [6.07, 6.45) is 1.83. The number of nitrogens with one attached hydrogen (secondary N) is 2. The molecule has 4 aromatic rings. The molecule has 0 unspecified atom stereocenters. The van der Waals surface area contributed by atoms with E-state index in [0.717, 1.165) is 10.9 Å². The fourth-order valence-electron chi connectivity index (χ4n) is 3.44. The second-order valence-electron chi connectivity index (χ2n) is 7.41. The quantitative estimate of drug-likeness (QED) is 0.457. The number of hydrogen-bond acceptors (Lipinski definition) is 4. The molecule has 32 heavy (non-hydrogen) atoms. The van der Waals surface area contributed by atoms with Crippen LogP contribution >= 0.6 is 11.3 Å². The lowest BCUT2D eigenvalue weighted by atomic mass is 10.1. The van der Waals surface area contributed by atoms with Gasteiger partial charge in [0, 0.05) is 43.1 Å². The Balaban J connectivity index is 1.35. The van der Waals surface area contributed by atoms with Crippen molar-refractivity contribution in [1.29, 1.82) is 0 Å². The van der Waals surface area contributed by atoms with Crippen molar-refractivity contribution in [2.45, 2.75) is 13.1 Å². The Morgan fingerprint density at radius 2 is 2.00 bits per heavy atom. The van der Waals surface area contributed by atoms with Crippen molar-refractivity contribution < 1.29 is 14.0 Å². The van der Waals surface area contributed by atoms with Crippen LogP contribution in [0, 0.1) is 5.82 Å². The number of amides is 3. The molecule has 0 spiro atoms. The normalized spacial score (nSPS) is 10.8. The molecule has 0 saturated carbocycles. The minimum absolute atomic E-state index is 0.0999. The number of aromatic nitrogens is 2. The monoisotopic (exact) mass is 451 g/mol. The molecule has 0 bridgehead atoms. The van der Waals surface area contributed by atoms with Gasteiger partial charge in [-0.15, -0.1) is 11.3 Å². The van der Waals surface area contributed by atoms with Crippen molar-refractivity contribution in [3.8, 4) is 0 Å². The predicted octanol–water partition coefficient (Wildman–Crippen LogP) is 4.37. The molecule has 0 fully saturated rings. The van der Waals surface area contributed by atoms with Crippen LogP contribution in [0.2, 0.25) is 0 Å². The van der Waals surface area contributed by atoms with Crippen LogP contribution in [-0.2, 0) is 20.1 Å². The molecule has 2 aromatic heterocycles. The fourth-order valence-corrected chi connectivity index (χ4v) is 4.14. The second-order valence-corrected chi connectivity index (χ2v) is 8.27. The van der Waals surface area contributed by atoms with Crippen LogP contribution in [0.25, 0.3) is 10.9 Å². The van der Waals surface area contributed by atoms with E-state index in [9.17, 15) is 14.0 Å². The lowest BCUT2D eigenvalue weighted by Crippen LogP contribution is -2.28. The van der Waals surface area contributed by atoms with Gasteiger partial charge in [-0.25, -0.2) is 14.2 Å². The van der Waals surface area contributed by atoms with Crippen molar-refractivity contribution in [2.75, 3.05) is 12.4 Å². The smallest absolute Gasteiger partial charge is 0.321 e. The maximum Gasteiger partial charge on any atom is 0.321 e. The van der Waals surface area contributed by atoms with Gasteiger partial charge in [0.1, 0.15) is 5.82 Å². The maximum atomic E-state index is 13.2. The van der Waals surface area contributed by atoms with Gasteiger partial charge in [0.2, 0.25) is 0 Å². The van der Waals surface area contributed by atoms with Crippen molar-refractivity contribution in [3.05, 3.63) is 82.7 Å². The van der Waals surface area contributed by atoms with Gasteiger partial charge in [0.15, 0.2) is 5.13 Å². The number of anilines is 1. The van der Waals surface area contributed by atoms with E-state index < -0.39 is 6.03 Å². The number of aryl methyl sites for hydroxylation is 1. The van der Waals surface area contributed by atoms with Crippen LogP contribution in [-0.4, -0.2) is 33.4 Å². The molecule has 3 amide bonds. The first kappa shape index (κ1) is 21.5. The Bertz CT molecular complexity index is 1280. The van der Waals surface area contributed by atoms with Gasteiger partial charge in [-0.2, -0.15) is 0 Å². The first-order valence-corrected chi connectivity index (χ1v) is 10.8. The predicted molar refractivity (Wildman–Crippen MR) is 123 cm³/mol. The zero-order chi connectivity index (χ0) is 22.7. The number of carbonyl (C=O) groups is 2. The summed E-state index contributed by atoms with van der Waals surface area (Å²) in [6, 6.07) is 13.4. The third-order valence-corrected chi connectivity index (χ3v) is 5.79. The standard InChI is InChI=1S/C23H22FN5O2S/c1-28-13-19(18-8-3-4-9-20(18)28)21(30)29(2)12-17-14-32-23(26-17)27-22(31)25-11-15-6-5-7-16(24)10-15/h3-10,13-14H,11-12H2,1-2H3,(H2,25,26,27,31). The van der Waals surface area contributed by atoms with E-state index in [1.54, 1.807) is 29.5 Å². The zero-order valence-electron chi connectivity index (χ0n) is 17.6. The number of thiazole rings is 1. The highest BCUT2D eigenvalue weighted by Gasteiger charge is 2.18. The van der Waals surface area contributed by atoms with Crippen molar-refractivity contribution >= 4 is 39.3 Å². The number of benzene rings is 2. The van der Waals surface area contributed by atoms with Crippen LogP contribution < -0.4 is 10.6 Å². The number of halogens is 1. The molecule has 0 saturated heterocycles. The van der Waals surface area contributed by atoms with Gasteiger partial charge in [-0.1, -0.05) is 30.3 Å². The third kappa shape index (κ3) is 4.78. The molecule has 2 heterocycles. The lowest BCUT2D eigenvalue weighted by molar-refractivity contribution is 0.0785. The summed E-state index contributed by atoms with van der Waals surface area (Å²) in [5, 5.41) is 8.46. The van der Waals surface area contributed by atoms with Crippen LogP contribution in [0.4, 0.5) is 14.3 Å². The van der Waals surface area contributed by atoms with Gasteiger partial charge >= 0.3 is 6.03 Å². The topological polar surface area (TPSA) is 79.3 Å². The minimum Gasteiger partial charge on any atom is -0.350 e. The van der Waals surface area contributed by atoms with E-state index >= 15 is 0 Å². The Hall–Kier alpha value is -3.72. The molecule has 0 aliphatic rings. The summed E-state index contributed by atoms with van der Waals surface area (Å²) < 4.78 is 15.2. The number of para-hydroxylation sites is 1. The molecule has 4 rings (SSSR count). The summed E-state index contributed by atoms with van der Waals surface area (Å²) >= 11 is 1.27. The summed E-state index contributed by atoms with van der Waals surface area (Å²) in [5.41, 5.74) is 2.96. The highest BCUT2D eigenvalue weighted by atomic mass is 32.1. The summed E-state index contributed by atoms with van der Waals surface area (Å²) in [7, 11) is 3.64. The highest BCUT2D eigenvalue weighted by Crippen LogP contribution is 2.23. The van der Waals surface area contributed by atoms with Gasteiger partial charge in [0.05, 0.1) is 17.8 Å². The first-order valence-electron chi connectivity index (χ1n) is 9.94. The van der Waals surface area contributed by atoms with Gasteiger partial charge < -0.3 is 14.8 Å².